The Bertz CT molecular complexity index is 2500. The minimum atomic E-state index is -0.0263. The van der Waals surface area contributed by atoms with Crippen LogP contribution in [0.25, 0.3) is 54.5 Å². The third-order valence-corrected chi connectivity index (χ3v) is 17.0. The summed E-state index contributed by atoms with van der Waals surface area (Å²) in [5, 5.41) is 6.76. The van der Waals surface area contributed by atoms with E-state index in [-0.39, 0.29) is 11.1 Å². The second-order valence-electron chi connectivity index (χ2n) is 22.9. The van der Waals surface area contributed by atoms with Gasteiger partial charge in [-0.1, -0.05) is 207 Å². The van der Waals surface area contributed by atoms with Crippen LogP contribution < -0.4 is 20.3 Å². The molecule has 6 nitrogen and oxygen atoms in total. The van der Waals surface area contributed by atoms with Crippen molar-refractivity contribution < 1.29 is 18.0 Å². The van der Waals surface area contributed by atoms with E-state index < -0.39 is 0 Å². The number of hydrogen-bond acceptors (Lipinski definition) is 4. The lowest BCUT2D eigenvalue weighted by Gasteiger charge is -2.19. The first-order chi connectivity index (χ1) is 36.4. The highest BCUT2D eigenvalue weighted by molar-refractivity contribution is 6.33. The molecule has 2 aliphatic carbocycles. The molecule has 0 N–H and O–H groups in total. The van der Waals surface area contributed by atoms with Gasteiger partial charge >= 0.3 is 22.5 Å². The van der Waals surface area contributed by atoms with Gasteiger partial charge in [0.1, 0.15) is 33.1 Å². The zero-order chi connectivity index (χ0) is 51.5. The summed E-state index contributed by atoms with van der Waals surface area (Å²) < 4.78 is 18.2. The lowest BCUT2D eigenvalue weighted by molar-refractivity contribution is -0.697. The van der Waals surface area contributed by atoms with E-state index >= 15 is 9.59 Å². The van der Waals surface area contributed by atoms with E-state index in [1.165, 1.54) is 180 Å². The molecule has 0 saturated heterocycles. The molecule has 6 heteroatoms. The van der Waals surface area contributed by atoms with Crippen LogP contribution in [0, 0.1) is 75.0 Å². The molecule has 2 unspecified atom stereocenters. The number of pyridine rings is 2. The number of unbranched alkanes of at least 4 members (excludes halogenated alkanes) is 24. The quantitative estimate of drug-likeness (QED) is 0.0168. The minimum Gasteiger partial charge on any atom is -0.408 e. The topological polar surface area (TPSA) is 68.2 Å². The molecule has 0 amide bonds. The summed E-state index contributed by atoms with van der Waals surface area (Å²) in [4.78, 5) is 31.5. The maximum absolute atomic E-state index is 15.7. The summed E-state index contributed by atoms with van der Waals surface area (Å²) in [5.41, 5.74) is 1.19. The Kier molecular flexibility index (Phi) is 22.8. The molecule has 10 radical (unpaired) electrons. The predicted molar refractivity (Wildman–Crippen MR) is 310 cm³/mol. The van der Waals surface area contributed by atoms with Crippen LogP contribution >= 0.6 is 0 Å². The molecule has 0 bridgehead atoms. The van der Waals surface area contributed by atoms with Gasteiger partial charge in [-0.3, -0.25) is 0 Å². The van der Waals surface area contributed by atoms with Crippen molar-refractivity contribution in [3.05, 3.63) is 120 Å². The smallest absolute Gasteiger partial charge is 0.408 e. The maximum atomic E-state index is 15.7. The van der Waals surface area contributed by atoms with E-state index in [0.717, 1.165) is 81.4 Å². The van der Waals surface area contributed by atoms with E-state index in [0.29, 0.717) is 47.1 Å². The second kappa shape index (κ2) is 29.8. The maximum Gasteiger partial charge on any atom is 0.423 e. The zero-order valence-corrected chi connectivity index (χ0v) is 46.7. The fourth-order valence-electron chi connectivity index (χ4n) is 12.6. The van der Waals surface area contributed by atoms with Crippen LogP contribution in [-0.4, -0.2) is 0 Å². The number of benzene rings is 2. The molecular weight excluding hydrogens is 909 g/mol. The molecule has 4 heterocycles. The fourth-order valence-corrected chi connectivity index (χ4v) is 12.6. The summed E-state index contributed by atoms with van der Waals surface area (Å²) in [5.74, 6) is 4.11. The molecule has 2 fully saturated rings. The zero-order valence-electron chi connectivity index (χ0n) is 46.7. The van der Waals surface area contributed by atoms with Crippen molar-refractivity contribution in [3.63, 3.8) is 0 Å². The largest absolute Gasteiger partial charge is 0.423 e. The van der Waals surface area contributed by atoms with Gasteiger partial charge < -0.3 is 8.83 Å². The van der Waals surface area contributed by atoms with Crippen LogP contribution in [0.15, 0.2) is 42.7 Å². The van der Waals surface area contributed by atoms with Gasteiger partial charge in [0.25, 0.3) is 0 Å². The predicted octanol–water partition coefficient (Wildman–Crippen LogP) is 18.1. The molecule has 0 aliphatic heterocycles. The van der Waals surface area contributed by atoms with Gasteiger partial charge in [-0.15, -0.1) is 9.13 Å². The van der Waals surface area contributed by atoms with Crippen LogP contribution in [0.5, 0.6) is 0 Å². The summed E-state index contributed by atoms with van der Waals surface area (Å²) in [6.45, 7) is 10.4. The lowest BCUT2D eigenvalue weighted by atomic mass is 9.89. The molecule has 2 aromatic carbocycles. The first kappa shape index (κ1) is 56.7. The minimum absolute atomic E-state index is 0.0263. The number of hydrogen-bond donors (Lipinski definition) is 0. The van der Waals surface area contributed by atoms with Gasteiger partial charge in [-0.2, -0.15) is 0 Å². The van der Waals surface area contributed by atoms with Crippen molar-refractivity contribution >= 4 is 54.5 Å². The number of aromatic nitrogens is 2. The highest BCUT2D eigenvalue weighted by Crippen LogP contribution is 2.44. The van der Waals surface area contributed by atoms with Crippen molar-refractivity contribution in [1.82, 2.24) is 0 Å². The average molecular weight is 1000 g/mol. The van der Waals surface area contributed by atoms with E-state index in [2.05, 4.69) is 77.6 Å². The normalized spacial score (nSPS) is 15.8. The molecule has 6 aromatic rings. The Morgan fingerprint density at radius 1 is 0.365 bits per heavy atom. The molecule has 2 saturated carbocycles. The highest BCUT2D eigenvalue weighted by atomic mass is 16.3. The molecule has 0 spiro atoms. The van der Waals surface area contributed by atoms with Gasteiger partial charge in [-0.05, 0) is 112 Å². The summed E-state index contributed by atoms with van der Waals surface area (Å²) in [6, 6.07) is 8.53. The van der Waals surface area contributed by atoms with Crippen LogP contribution in [0.2, 0.25) is 0 Å². The van der Waals surface area contributed by atoms with Gasteiger partial charge in [0.15, 0.2) is 13.1 Å². The number of rotatable bonds is 38. The van der Waals surface area contributed by atoms with Gasteiger partial charge in [0.2, 0.25) is 0 Å². The van der Waals surface area contributed by atoms with Crippen molar-refractivity contribution in [2.45, 2.75) is 246 Å². The highest BCUT2D eigenvalue weighted by Gasteiger charge is 2.37. The monoisotopic (exact) mass is 1000 g/mol. The SMILES string of the molecule is CCCCCCCCCCC(CCCCCCCC)C[n+]1c(=O)c2cc3cc([C]4[CH][CH][CH][CH]4)oc4c3c3c(cc5cc([C]6[CH][CH][CH][CH]6)oc1c5c23)c(=O)[n+]4CC(CCCCCCCC)CCCCCCCCCC. The van der Waals surface area contributed by atoms with Crippen molar-refractivity contribution in [2.24, 2.45) is 11.8 Å². The van der Waals surface area contributed by atoms with Crippen LogP contribution in [0.4, 0.5) is 0 Å². The molecule has 2 atom stereocenters. The summed E-state index contributed by atoms with van der Waals surface area (Å²) >= 11 is 0. The Balaban J connectivity index is 1.22. The third-order valence-electron chi connectivity index (χ3n) is 17.0. The molecule has 2 aliphatic rings. The lowest BCUT2D eigenvalue weighted by Crippen LogP contribution is -2.53. The van der Waals surface area contributed by atoms with E-state index in [9.17, 15) is 0 Å². The summed E-state index contributed by atoms with van der Waals surface area (Å²) in [7, 11) is 0. The Labute approximate surface area is 448 Å². The van der Waals surface area contributed by atoms with Crippen LogP contribution in [-0.2, 0) is 13.1 Å². The van der Waals surface area contributed by atoms with Crippen LogP contribution in [0.1, 0.15) is 245 Å². The van der Waals surface area contributed by atoms with E-state index in [1.54, 1.807) is 0 Å². The molecule has 74 heavy (non-hydrogen) atoms. The Hall–Kier alpha value is -3.54. The Morgan fingerprint density at radius 3 is 0.946 bits per heavy atom. The average Bonchev–Trinajstić information content (AvgIpc) is 4.17. The first-order valence-corrected chi connectivity index (χ1v) is 30.7. The fraction of sp³-hybridized carbons (Fsp3) is 0.588. The standard InChI is InChI=1S/C68H94N2O4/c1-5-9-13-17-21-23-27-31-39-51(37-29-25-19-15-11-7-3)49-69-65(71)57-45-56-48-60(54-43-35-36-44-54)74-68-62(56)64-58(46-55-47-59(53-41-33-34-42-53)73-67(69)61(55)63(57)64)66(72)70(68)50-52(38-30-26-20-16-12-8-4)40-32-28-24-22-18-14-10-6-2/h33-36,41-48,51-52H,5-32,37-40,49-50H2,1-4H3/q+2. The van der Waals surface area contributed by atoms with Crippen LogP contribution in [0.3, 0.4) is 0 Å². The second-order valence-corrected chi connectivity index (χ2v) is 22.9. The summed E-state index contributed by atoms with van der Waals surface area (Å²) in [6.07, 6.45) is 56.7. The van der Waals surface area contributed by atoms with Gasteiger partial charge in [0, 0.05) is 34.4 Å². The molecule has 398 valence electrons. The number of nitrogens with zero attached hydrogens (tertiary/aromatic N) is 2. The van der Waals surface area contributed by atoms with Gasteiger partial charge in [-0.25, -0.2) is 9.59 Å². The molecular formula is C68H94N2O4+2. The van der Waals surface area contributed by atoms with E-state index in [1.807, 2.05) is 34.8 Å². The van der Waals surface area contributed by atoms with Crippen molar-refractivity contribution in [3.8, 4) is 0 Å². The van der Waals surface area contributed by atoms with Gasteiger partial charge in [0.05, 0.1) is 0 Å². The van der Waals surface area contributed by atoms with E-state index in [4.69, 9.17) is 8.83 Å². The molecule has 4 aromatic heterocycles. The molecule has 8 rings (SSSR count). The Morgan fingerprint density at radius 2 is 0.649 bits per heavy atom. The first-order valence-electron chi connectivity index (χ1n) is 30.7. The third kappa shape index (κ3) is 14.5. The van der Waals surface area contributed by atoms with Crippen molar-refractivity contribution in [2.75, 3.05) is 0 Å². The van der Waals surface area contributed by atoms with Crippen molar-refractivity contribution in [1.29, 1.82) is 0 Å².